The molecule has 3 rings (SSSR count). The molecule has 1 amide bonds. The van der Waals surface area contributed by atoms with Gasteiger partial charge in [-0.25, -0.2) is 12.7 Å². The van der Waals surface area contributed by atoms with Crippen molar-refractivity contribution in [1.82, 2.24) is 4.31 Å². The van der Waals surface area contributed by atoms with Gasteiger partial charge in [0.1, 0.15) is 0 Å². The van der Waals surface area contributed by atoms with E-state index in [0.717, 1.165) is 16.4 Å². The average Bonchev–Trinajstić information content (AvgIpc) is 2.74. The van der Waals surface area contributed by atoms with Crippen molar-refractivity contribution < 1.29 is 27.3 Å². The number of hydrogen-bond donors (Lipinski definition) is 1. The molecule has 0 bridgehead atoms. The summed E-state index contributed by atoms with van der Waals surface area (Å²) in [7, 11) is -1.05. The zero-order chi connectivity index (χ0) is 22.8. The number of rotatable bonds is 6. The molecule has 1 aliphatic heterocycles. The summed E-state index contributed by atoms with van der Waals surface area (Å²) in [5, 5.41) is 13.5. The molecule has 10 nitrogen and oxygen atoms in total. The molecule has 12 heteroatoms. The van der Waals surface area contributed by atoms with Gasteiger partial charge >= 0.3 is 5.69 Å². The Morgan fingerprint density at radius 3 is 2.48 bits per heavy atom. The van der Waals surface area contributed by atoms with Gasteiger partial charge in [-0.2, -0.15) is 4.39 Å². The lowest BCUT2D eigenvalue weighted by Gasteiger charge is -2.30. The topological polar surface area (TPSA) is 122 Å². The minimum absolute atomic E-state index is 0.00639. The molecular formula is C19H21FN4O6S. The highest BCUT2D eigenvalue weighted by atomic mass is 32.2. The summed E-state index contributed by atoms with van der Waals surface area (Å²) in [5.74, 6) is -1.71. The summed E-state index contributed by atoms with van der Waals surface area (Å²) in [6.07, 6.45) is 0. The van der Waals surface area contributed by atoms with Gasteiger partial charge in [0.15, 0.2) is 0 Å². The molecule has 0 radical (unpaired) electrons. The maximum Gasteiger partial charge on any atom is 0.306 e. The van der Waals surface area contributed by atoms with Crippen molar-refractivity contribution in [3.8, 4) is 0 Å². The van der Waals surface area contributed by atoms with Crippen LogP contribution in [0.4, 0.5) is 21.5 Å². The van der Waals surface area contributed by atoms with Crippen LogP contribution in [-0.4, -0.2) is 64.0 Å². The van der Waals surface area contributed by atoms with Crippen molar-refractivity contribution in [2.24, 2.45) is 0 Å². The molecule has 166 valence electrons. The predicted octanol–water partition coefficient (Wildman–Crippen LogP) is 2.07. The first-order valence-corrected chi connectivity index (χ1v) is 10.7. The molecule has 1 saturated heterocycles. The van der Waals surface area contributed by atoms with Crippen molar-refractivity contribution in [3.63, 3.8) is 0 Å². The van der Waals surface area contributed by atoms with Gasteiger partial charge < -0.3 is 15.0 Å². The van der Waals surface area contributed by atoms with Crippen LogP contribution in [-0.2, 0) is 14.8 Å². The van der Waals surface area contributed by atoms with Crippen molar-refractivity contribution in [2.75, 3.05) is 50.6 Å². The number of nitrogens with one attached hydrogen (secondary N) is 1. The number of halogens is 1. The third-order valence-electron chi connectivity index (χ3n) is 4.74. The van der Waals surface area contributed by atoms with E-state index in [1.807, 2.05) is 4.90 Å². The lowest BCUT2D eigenvalue weighted by molar-refractivity contribution is -0.387. The second kappa shape index (κ2) is 8.96. The highest BCUT2D eigenvalue weighted by Gasteiger charge is 2.25. The summed E-state index contributed by atoms with van der Waals surface area (Å²) in [6, 6.07) is 7.19. The van der Waals surface area contributed by atoms with Crippen LogP contribution in [0.2, 0.25) is 0 Å². The summed E-state index contributed by atoms with van der Waals surface area (Å²) in [5.41, 5.74) is -0.214. The van der Waals surface area contributed by atoms with Crippen molar-refractivity contribution in [3.05, 3.63) is 57.9 Å². The van der Waals surface area contributed by atoms with Gasteiger partial charge in [-0.15, -0.1) is 0 Å². The number of carbonyl (C=O) groups excluding carboxylic acids is 1. The van der Waals surface area contributed by atoms with E-state index >= 15 is 0 Å². The average molecular weight is 452 g/mol. The fourth-order valence-electron chi connectivity index (χ4n) is 3.08. The second-order valence-corrected chi connectivity index (χ2v) is 9.10. The van der Waals surface area contributed by atoms with Gasteiger partial charge in [0, 0.05) is 44.6 Å². The minimum Gasteiger partial charge on any atom is -0.378 e. The molecule has 31 heavy (non-hydrogen) atoms. The van der Waals surface area contributed by atoms with Gasteiger partial charge in [0.25, 0.3) is 5.91 Å². The lowest BCUT2D eigenvalue weighted by Crippen LogP contribution is -2.37. The Morgan fingerprint density at radius 1 is 1.19 bits per heavy atom. The predicted molar refractivity (Wildman–Crippen MR) is 111 cm³/mol. The molecule has 0 spiro atoms. The van der Waals surface area contributed by atoms with E-state index in [-0.39, 0.29) is 16.1 Å². The quantitative estimate of drug-likeness (QED) is 0.526. The maximum atomic E-state index is 13.6. The smallest absolute Gasteiger partial charge is 0.306 e. The Kier molecular flexibility index (Phi) is 6.53. The fraction of sp³-hybridized carbons (Fsp3) is 0.316. The van der Waals surface area contributed by atoms with Crippen LogP contribution >= 0.6 is 0 Å². The number of nitro groups is 1. The molecule has 1 aliphatic rings. The number of benzene rings is 2. The molecule has 0 atom stereocenters. The molecule has 0 aliphatic carbocycles. The number of sulfonamides is 1. The molecular weight excluding hydrogens is 431 g/mol. The number of morpholine rings is 1. The zero-order valence-electron chi connectivity index (χ0n) is 16.9. The minimum atomic E-state index is -3.81. The normalized spacial score (nSPS) is 14.5. The number of nitrogens with zero attached hydrogens (tertiary/aromatic N) is 3. The van der Waals surface area contributed by atoms with Crippen LogP contribution < -0.4 is 10.2 Å². The molecule has 0 unspecified atom stereocenters. The Labute approximate surface area is 178 Å². The van der Waals surface area contributed by atoms with Crippen molar-refractivity contribution in [2.45, 2.75) is 4.90 Å². The molecule has 0 aromatic heterocycles. The Bertz CT molecular complexity index is 1120. The van der Waals surface area contributed by atoms with E-state index < -0.39 is 32.4 Å². The molecule has 0 saturated carbocycles. The third kappa shape index (κ3) is 4.81. The van der Waals surface area contributed by atoms with E-state index in [1.54, 1.807) is 6.07 Å². The summed E-state index contributed by atoms with van der Waals surface area (Å²) < 4.78 is 45.1. The number of ether oxygens (including phenoxy) is 1. The van der Waals surface area contributed by atoms with E-state index in [2.05, 4.69) is 5.32 Å². The SMILES string of the molecule is CN(C)S(=O)(=O)c1ccc(N2CCOCC2)c(C(=O)Nc2ccc(F)c([N+](=O)[O-])c2)c1. The van der Waals surface area contributed by atoms with Gasteiger partial charge in [-0.05, 0) is 30.3 Å². The van der Waals surface area contributed by atoms with Gasteiger partial charge in [0.2, 0.25) is 15.8 Å². The van der Waals surface area contributed by atoms with E-state index in [1.165, 1.54) is 32.3 Å². The molecule has 1 heterocycles. The number of anilines is 2. The van der Waals surface area contributed by atoms with Crippen LogP contribution in [0, 0.1) is 15.9 Å². The van der Waals surface area contributed by atoms with Gasteiger partial charge in [-0.1, -0.05) is 0 Å². The highest BCUT2D eigenvalue weighted by molar-refractivity contribution is 7.89. The third-order valence-corrected chi connectivity index (χ3v) is 6.55. The Morgan fingerprint density at radius 2 is 1.87 bits per heavy atom. The molecule has 2 aromatic rings. The van der Waals surface area contributed by atoms with E-state index in [4.69, 9.17) is 4.74 Å². The van der Waals surface area contributed by atoms with Crippen LogP contribution in [0.3, 0.4) is 0 Å². The molecule has 1 N–H and O–H groups in total. The highest BCUT2D eigenvalue weighted by Crippen LogP contribution is 2.28. The van der Waals surface area contributed by atoms with E-state index in [9.17, 15) is 27.7 Å². The van der Waals surface area contributed by atoms with Gasteiger partial charge in [-0.3, -0.25) is 14.9 Å². The van der Waals surface area contributed by atoms with Crippen LogP contribution in [0.5, 0.6) is 0 Å². The molecule has 1 fully saturated rings. The first-order valence-electron chi connectivity index (χ1n) is 9.26. The first kappa shape index (κ1) is 22.6. The lowest BCUT2D eigenvalue weighted by atomic mass is 10.1. The van der Waals surface area contributed by atoms with Gasteiger partial charge in [0.05, 0.1) is 28.6 Å². The number of nitro benzene ring substituents is 1. The Balaban J connectivity index is 2.02. The Hall–Kier alpha value is -3.09. The number of hydrogen-bond acceptors (Lipinski definition) is 7. The largest absolute Gasteiger partial charge is 0.378 e. The summed E-state index contributed by atoms with van der Waals surface area (Å²) >= 11 is 0. The second-order valence-electron chi connectivity index (χ2n) is 6.94. The van der Waals surface area contributed by atoms with Crippen LogP contribution in [0.25, 0.3) is 0 Å². The zero-order valence-corrected chi connectivity index (χ0v) is 17.7. The maximum absolute atomic E-state index is 13.6. The number of amides is 1. The van der Waals surface area contributed by atoms with E-state index in [0.29, 0.717) is 32.0 Å². The molecule has 2 aromatic carbocycles. The van der Waals surface area contributed by atoms with Crippen molar-refractivity contribution in [1.29, 1.82) is 0 Å². The van der Waals surface area contributed by atoms with Crippen LogP contribution in [0.15, 0.2) is 41.3 Å². The summed E-state index contributed by atoms with van der Waals surface area (Å²) in [6.45, 7) is 1.90. The monoisotopic (exact) mass is 452 g/mol. The first-order chi connectivity index (χ1) is 14.6. The summed E-state index contributed by atoms with van der Waals surface area (Å²) in [4.78, 5) is 24.9. The van der Waals surface area contributed by atoms with Crippen molar-refractivity contribution >= 4 is 33.0 Å². The number of carbonyl (C=O) groups is 1. The standard InChI is InChI=1S/C19H21FN4O6S/c1-22(2)31(28,29)14-4-6-17(23-7-9-30-10-8-23)15(12-14)19(25)21-13-3-5-16(20)18(11-13)24(26)27/h3-6,11-12H,7-10H2,1-2H3,(H,21,25). The van der Waals surface area contributed by atoms with Crippen LogP contribution in [0.1, 0.15) is 10.4 Å². The fourth-order valence-corrected chi connectivity index (χ4v) is 4.01.